The molecule has 2 N–H and O–H groups in total. The SMILES string of the molecule is COc1cc(F)c(C(N)Cc2ccccc2Cl)cc1OC. The molecule has 1 unspecified atom stereocenters. The van der Waals surface area contributed by atoms with Gasteiger partial charge in [-0.2, -0.15) is 0 Å². The smallest absolute Gasteiger partial charge is 0.163 e. The molecule has 2 rings (SSSR count). The first-order valence-electron chi connectivity index (χ1n) is 6.47. The van der Waals surface area contributed by atoms with Gasteiger partial charge in [-0.15, -0.1) is 0 Å². The van der Waals surface area contributed by atoms with Crippen LogP contribution in [0.2, 0.25) is 5.02 Å². The monoisotopic (exact) mass is 309 g/mol. The molecule has 0 radical (unpaired) electrons. The Balaban J connectivity index is 2.31. The van der Waals surface area contributed by atoms with Crippen molar-refractivity contribution in [1.82, 2.24) is 0 Å². The fraction of sp³-hybridized carbons (Fsp3) is 0.250. The van der Waals surface area contributed by atoms with E-state index in [9.17, 15) is 4.39 Å². The topological polar surface area (TPSA) is 44.5 Å². The first kappa shape index (κ1) is 15.6. The lowest BCUT2D eigenvalue weighted by atomic mass is 9.98. The average Bonchev–Trinajstić information content (AvgIpc) is 2.49. The van der Waals surface area contributed by atoms with Crippen LogP contribution in [0.1, 0.15) is 17.2 Å². The Morgan fingerprint density at radius 2 is 1.76 bits per heavy atom. The third-order valence-electron chi connectivity index (χ3n) is 3.30. The maximum Gasteiger partial charge on any atom is 0.163 e. The molecule has 2 aromatic rings. The van der Waals surface area contributed by atoms with E-state index in [-0.39, 0.29) is 0 Å². The van der Waals surface area contributed by atoms with Gasteiger partial charge in [0.05, 0.1) is 14.2 Å². The Labute approximate surface area is 128 Å². The third-order valence-corrected chi connectivity index (χ3v) is 3.67. The first-order valence-corrected chi connectivity index (χ1v) is 6.85. The normalized spacial score (nSPS) is 12.0. The molecule has 0 aliphatic rings. The minimum atomic E-state index is -0.523. The number of hydrogen-bond acceptors (Lipinski definition) is 3. The molecule has 0 aromatic heterocycles. The highest BCUT2D eigenvalue weighted by Gasteiger charge is 2.17. The Hall–Kier alpha value is -1.78. The lowest BCUT2D eigenvalue weighted by molar-refractivity contribution is 0.351. The van der Waals surface area contributed by atoms with Gasteiger partial charge in [0.15, 0.2) is 11.5 Å². The molecule has 2 aromatic carbocycles. The molecule has 5 heteroatoms. The van der Waals surface area contributed by atoms with E-state index in [4.69, 9.17) is 26.8 Å². The fourth-order valence-electron chi connectivity index (χ4n) is 2.16. The number of halogens is 2. The fourth-order valence-corrected chi connectivity index (χ4v) is 2.38. The first-order chi connectivity index (χ1) is 10.1. The highest BCUT2D eigenvalue weighted by Crippen LogP contribution is 2.33. The summed E-state index contributed by atoms with van der Waals surface area (Å²) in [5, 5.41) is 0.619. The van der Waals surface area contributed by atoms with Crippen LogP contribution in [0.3, 0.4) is 0 Å². The Bertz CT molecular complexity index is 634. The summed E-state index contributed by atoms with van der Waals surface area (Å²) in [6.45, 7) is 0. The van der Waals surface area contributed by atoms with Crippen LogP contribution >= 0.6 is 11.6 Å². The summed E-state index contributed by atoms with van der Waals surface area (Å²) < 4.78 is 24.4. The van der Waals surface area contributed by atoms with Crippen molar-refractivity contribution in [3.63, 3.8) is 0 Å². The molecular weight excluding hydrogens is 293 g/mol. The summed E-state index contributed by atoms with van der Waals surface area (Å²) in [5.41, 5.74) is 7.36. The number of hydrogen-bond donors (Lipinski definition) is 1. The van der Waals surface area contributed by atoms with Crippen molar-refractivity contribution in [1.29, 1.82) is 0 Å². The molecular formula is C16H17ClFNO2. The molecule has 0 aliphatic heterocycles. The van der Waals surface area contributed by atoms with E-state index in [2.05, 4.69) is 0 Å². The predicted octanol–water partition coefficient (Wildman–Crippen LogP) is 3.74. The van der Waals surface area contributed by atoms with Crippen molar-refractivity contribution < 1.29 is 13.9 Å². The van der Waals surface area contributed by atoms with Gasteiger partial charge in [-0.1, -0.05) is 29.8 Å². The van der Waals surface area contributed by atoms with Gasteiger partial charge in [0.1, 0.15) is 5.82 Å². The second-order valence-corrected chi connectivity index (χ2v) is 5.04. The summed E-state index contributed by atoms with van der Waals surface area (Å²) in [6, 6.07) is 9.70. The molecule has 0 heterocycles. The molecule has 0 fully saturated rings. The lowest BCUT2D eigenvalue weighted by Gasteiger charge is -2.16. The quantitative estimate of drug-likeness (QED) is 0.915. The maximum absolute atomic E-state index is 14.2. The van der Waals surface area contributed by atoms with Crippen molar-refractivity contribution in [2.45, 2.75) is 12.5 Å². The molecule has 0 bridgehead atoms. The van der Waals surface area contributed by atoms with Crippen molar-refractivity contribution in [3.05, 3.63) is 58.4 Å². The Morgan fingerprint density at radius 1 is 1.14 bits per heavy atom. The molecule has 0 saturated carbocycles. The average molecular weight is 310 g/mol. The van der Waals surface area contributed by atoms with Crippen LogP contribution in [0.15, 0.2) is 36.4 Å². The van der Waals surface area contributed by atoms with Gasteiger partial charge < -0.3 is 15.2 Å². The zero-order valence-corrected chi connectivity index (χ0v) is 12.7. The lowest BCUT2D eigenvalue weighted by Crippen LogP contribution is -2.15. The van der Waals surface area contributed by atoms with Crippen LogP contribution in [0.4, 0.5) is 4.39 Å². The van der Waals surface area contributed by atoms with Gasteiger partial charge in [-0.05, 0) is 24.1 Å². The number of ether oxygens (including phenoxy) is 2. The van der Waals surface area contributed by atoms with Crippen molar-refractivity contribution >= 4 is 11.6 Å². The van der Waals surface area contributed by atoms with Crippen molar-refractivity contribution in [2.75, 3.05) is 14.2 Å². The molecule has 0 saturated heterocycles. The minimum Gasteiger partial charge on any atom is -0.493 e. The molecule has 0 spiro atoms. The minimum absolute atomic E-state index is 0.337. The zero-order valence-electron chi connectivity index (χ0n) is 11.9. The second kappa shape index (κ2) is 6.78. The number of benzene rings is 2. The van der Waals surface area contributed by atoms with E-state index >= 15 is 0 Å². The summed E-state index contributed by atoms with van der Waals surface area (Å²) in [6.07, 6.45) is 0.437. The summed E-state index contributed by atoms with van der Waals surface area (Å²) in [5.74, 6) is 0.361. The van der Waals surface area contributed by atoms with Crippen LogP contribution in [-0.4, -0.2) is 14.2 Å². The summed E-state index contributed by atoms with van der Waals surface area (Å²) >= 11 is 6.11. The van der Waals surface area contributed by atoms with Crippen LogP contribution in [0.25, 0.3) is 0 Å². The van der Waals surface area contributed by atoms with Gasteiger partial charge in [0.25, 0.3) is 0 Å². The van der Waals surface area contributed by atoms with Gasteiger partial charge in [0.2, 0.25) is 0 Å². The second-order valence-electron chi connectivity index (χ2n) is 4.63. The van der Waals surface area contributed by atoms with Crippen LogP contribution in [0.5, 0.6) is 11.5 Å². The number of methoxy groups -OCH3 is 2. The van der Waals surface area contributed by atoms with E-state index in [1.807, 2.05) is 18.2 Å². The third kappa shape index (κ3) is 3.46. The summed E-state index contributed by atoms with van der Waals surface area (Å²) in [4.78, 5) is 0. The van der Waals surface area contributed by atoms with Gasteiger partial charge in [-0.3, -0.25) is 0 Å². The molecule has 0 aliphatic carbocycles. The standard InChI is InChI=1S/C16H17ClFNO2/c1-20-15-8-11(13(18)9-16(15)21-2)14(19)7-10-5-3-4-6-12(10)17/h3-6,8-9,14H,7,19H2,1-2H3. The van der Waals surface area contributed by atoms with Crippen molar-refractivity contribution in [3.8, 4) is 11.5 Å². The van der Waals surface area contributed by atoms with E-state index in [0.717, 1.165) is 5.56 Å². The van der Waals surface area contributed by atoms with E-state index in [1.165, 1.54) is 20.3 Å². The Kier molecular flexibility index (Phi) is 5.04. The van der Waals surface area contributed by atoms with E-state index in [1.54, 1.807) is 12.1 Å². The molecule has 112 valence electrons. The van der Waals surface area contributed by atoms with Crippen LogP contribution < -0.4 is 15.2 Å². The predicted molar refractivity (Wildman–Crippen MR) is 81.6 cm³/mol. The van der Waals surface area contributed by atoms with Crippen LogP contribution in [0, 0.1) is 5.82 Å². The van der Waals surface area contributed by atoms with E-state index in [0.29, 0.717) is 28.5 Å². The Morgan fingerprint density at radius 3 is 2.38 bits per heavy atom. The van der Waals surface area contributed by atoms with E-state index < -0.39 is 11.9 Å². The number of nitrogens with two attached hydrogens (primary N) is 1. The largest absolute Gasteiger partial charge is 0.493 e. The van der Waals surface area contributed by atoms with Gasteiger partial charge in [0, 0.05) is 22.7 Å². The summed E-state index contributed by atoms with van der Waals surface area (Å²) in [7, 11) is 2.96. The zero-order chi connectivity index (χ0) is 15.4. The highest BCUT2D eigenvalue weighted by molar-refractivity contribution is 6.31. The molecule has 1 atom stereocenters. The highest BCUT2D eigenvalue weighted by atomic mass is 35.5. The van der Waals surface area contributed by atoms with Gasteiger partial charge in [-0.25, -0.2) is 4.39 Å². The number of rotatable bonds is 5. The molecule has 3 nitrogen and oxygen atoms in total. The van der Waals surface area contributed by atoms with Gasteiger partial charge >= 0.3 is 0 Å². The van der Waals surface area contributed by atoms with Crippen LogP contribution in [-0.2, 0) is 6.42 Å². The van der Waals surface area contributed by atoms with Crippen molar-refractivity contribution in [2.24, 2.45) is 5.73 Å². The maximum atomic E-state index is 14.2. The molecule has 0 amide bonds. The molecule has 21 heavy (non-hydrogen) atoms.